The Hall–Kier alpha value is -3.16. The van der Waals surface area contributed by atoms with Crippen molar-refractivity contribution in [1.29, 1.82) is 0 Å². The maximum absolute atomic E-state index is 11.5. The monoisotopic (exact) mass is 375 g/mol. The number of ether oxygens (including phenoxy) is 3. The first-order valence-electron chi connectivity index (χ1n) is 8.46. The van der Waals surface area contributed by atoms with Crippen LogP contribution in [0, 0.1) is 13.8 Å². The molecule has 2 aromatic rings. The molecule has 1 heterocycles. The van der Waals surface area contributed by atoms with Gasteiger partial charge in [-0.15, -0.1) is 0 Å². The van der Waals surface area contributed by atoms with Crippen LogP contribution in [-0.2, 0) is 22.7 Å². The van der Waals surface area contributed by atoms with E-state index in [2.05, 4.69) is 10.6 Å². The van der Waals surface area contributed by atoms with Gasteiger partial charge in [0.2, 0.25) is 0 Å². The second-order valence-electron chi connectivity index (χ2n) is 5.81. The molecule has 0 radical (unpaired) electrons. The van der Waals surface area contributed by atoms with Crippen molar-refractivity contribution >= 4 is 12.2 Å². The number of benzene rings is 1. The van der Waals surface area contributed by atoms with Crippen molar-refractivity contribution in [3.05, 3.63) is 46.8 Å². The SMILES string of the molecule is CNC(=O)OCc1c(COC(=O)NC)c(C)n(-c2ccc(OC)cc2)c1C. The van der Waals surface area contributed by atoms with E-state index >= 15 is 0 Å². The summed E-state index contributed by atoms with van der Waals surface area (Å²) >= 11 is 0. The number of amides is 2. The van der Waals surface area contributed by atoms with E-state index in [1.165, 1.54) is 14.1 Å². The molecule has 0 aliphatic carbocycles. The van der Waals surface area contributed by atoms with E-state index in [-0.39, 0.29) is 13.2 Å². The van der Waals surface area contributed by atoms with E-state index in [9.17, 15) is 9.59 Å². The molecule has 0 fully saturated rings. The van der Waals surface area contributed by atoms with Crippen LogP contribution in [0.4, 0.5) is 9.59 Å². The molecule has 0 unspecified atom stereocenters. The highest BCUT2D eigenvalue weighted by Crippen LogP contribution is 2.28. The number of alkyl carbamates (subject to hydrolysis) is 2. The number of rotatable bonds is 6. The fraction of sp³-hybridized carbons (Fsp3) is 0.368. The van der Waals surface area contributed by atoms with Crippen molar-refractivity contribution in [1.82, 2.24) is 15.2 Å². The number of aromatic nitrogens is 1. The molecule has 0 aliphatic heterocycles. The minimum absolute atomic E-state index is 0.0714. The number of carbonyl (C=O) groups is 2. The lowest BCUT2D eigenvalue weighted by Crippen LogP contribution is -2.20. The van der Waals surface area contributed by atoms with Crippen molar-refractivity contribution in [2.75, 3.05) is 21.2 Å². The van der Waals surface area contributed by atoms with Gasteiger partial charge in [0.25, 0.3) is 0 Å². The van der Waals surface area contributed by atoms with Gasteiger partial charge in [0.05, 0.1) is 7.11 Å². The predicted octanol–water partition coefficient (Wildman–Crippen LogP) is 2.81. The summed E-state index contributed by atoms with van der Waals surface area (Å²) in [6.07, 6.45) is -1.05. The summed E-state index contributed by atoms with van der Waals surface area (Å²) in [5, 5.41) is 4.84. The fourth-order valence-electron chi connectivity index (χ4n) is 2.88. The lowest BCUT2D eigenvalue weighted by atomic mass is 10.1. The fourth-order valence-corrected chi connectivity index (χ4v) is 2.88. The van der Waals surface area contributed by atoms with Crippen LogP contribution in [0.2, 0.25) is 0 Å². The number of nitrogens with one attached hydrogen (secondary N) is 2. The first kappa shape index (κ1) is 20.2. The van der Waals surface area contributed by atoms with Gasteiger partial charge in [-0.25, -0.2) is 9.59 Å². The van der Waals surface area contributed by atoms with Gasteiger partial charge < -0.3 is 29.4 Å². The van der Waals surface area contributed by atoms with Gasteiger partial charge in [0.15, 0.2) is 0 Å². The molecule has 1 aromatic carbocycles. The van der Waals surface area contributed by atoms with Crippen LogP contribution in [0.25, 0.3) is 5.69 Å². The van der Waals surface area contributed by atoms with Crippen LogP contribution in [0.3, 0.4) is 0 Å². The molecular formula is C19H25N3O5. The molecule has 2 rings (SSSR count). The van der Waals surface area contributed by atoms with Gasteiger partial charge in [0, 0.05) is 42.3 Å². The summed E-state index contributed by atoms with van der Waals surface area (Å²) in [5.74, 6) is 0.757. The van der Waals surface area contributed by atoms with Gasteiger partial charge in [-0.2, -0.15) is 0 Å². The topological polar surface area (TPSA) is 90.8 Å². The summed E-state index contributed by atoms with van der Waals surface area (Å²) in [6.45, 7) is 4.01. The van der Waals surface area contributed by atoms with Crippen LogP contribution in [-0.4, -0.2) is 38.0 Å². The van der Waals surface area contributed by atoms with Gasteiger partial charge >= 0.3 is 12.2 Å². The highest BCUT2D eigenvalue weighted by molar-refractivity contribution is 5.67. The Bertz CT molecular complexity index is 768. The van der Waals surface area contributed by atoms with E-state index in [4.69, 9.17) is 14.2 Å². The Labute approximate surface area is 158 Å². The molecule has 0 spiro atoms. The first-order chi connectivity index (χ1) is 12.9. The molecule has 8 heteroatoms. The van der Waals surface area contributed by atoms with Gasteiger partial charge in [-0.05, 0) is 38.1 Å². The number of hydrogen-bond donors (Lipinski definition) is 2. The minimum atomic E-state index is -0.526. The van der Waals surface area contributed by atoms with Crippen molar-refractivity contribution in [2.45, 2.75) is 27.1 Å². The Kier molecular flexibility index (Phi) is 6.70. The highest BCUT2D eigenvalue weighted by atomic mass is 16.6. The quantitative estimate of drug-likeness (QED) is 0.810. The van der Waals surface area contributed by atoms with Gasteiger partial charge in [0.1, 0.15) is 19.0 Å². The predicted molar refractivity (Wildman–Crippen MR) is 100 cm³/mol. The molecule has 0 bridgehead atoms. The highest BCUT2D eigenvalue weighted by Gasteiger charge is 2.21. The van der Waals surface area contributed by atoms with Crippen molar-refractivity contribution in [3.8, 4) is 11.4 Å². The van der Waals surface area contributed by atoms with Crippen LogP contribution in [0.1, 0.15) is 22.5 Å². The summed E-state index contributed by atoms with van der Waals surface area (Å²) in [7, 11) is 4.61. The van der Waals surface area contributed by atoms with Crippen LogP contribution in [0.5, 0.6) is 5.75 Å². The van der Waals surface area contributed by atoms with Crippen molar-refractivity contribution < 1.29 is 23.8 Å². The van der Waals surface area contributed by atoms with E-state index in [1.807, 2.05) is 42.7 Å². The van der Waals surface area contributed by atoms with E-state index in [0.717, 1.165) is 34.0 Å². The molecular weight excluding hydrogens is 350 g/mol. The average molecular weight is 375 g/mol. The third-order valence-electron chi connectivity index (χ3n) is 4.34. The summed E-state index contributed by atoms with van der Waals surface area (Å²) in [5.41, 5.74) is 4.33. The molecule has 2 N–H and O–H groups in total. The van der Waals surface area contributed by atoms with E-state index in [1.54, 1.807) is 7.11 Å². The Morgan fingerprint density at radius 3 is 1.70 bits per heavy atom. The van der Waals surface area contributed by atoms with Crippen LogP contribution in [0.15, 0.2) is 24.3 Å². The molecule has 0 aliphatic rings. The second kappa shape index (κ2) is 8.98. The van der Waals surface area contributed by atoms with Crippen LogP contribution >= 0.6 is 0 Å². The van der Waals surface area contributed by atoms with E-state index in [0.29, 0.717) is 0 Å². The van der Waals surface area contributed by atoms with Crippen LogP contribution < -0.4 is 15.4 Å². The molecule has 1 aromatic heterocycles. The van der Waals surface area contributed by atoms with Gasteiger partial charge in [-0.1, -0.05) is 0 Å². The standard InChI is InChI=1S/C19H25N3O5/c1-12-16(10-26-18(23)20-3)17(11-27-19(24)21-4)13(2)22(12)14-6-8-15(25-5)9-7-14/h6-9H,10-11H2,1-5H3,(H,20,23)(H,21,24). The molecule has 8 nitrogen and oxygen atoms in total. The average Bonchev–Trinajstić information content (AvgIpc) is 2.93. The first-order valence-corrected chi connectivity index (χ1v) is 8.46. The number of methoxy groups -OCH3 is 1. The maximum atomic E-state index is 11.5. The second-order valence-corrected chi connectivity index (χ2v) is 5.81. The largest absolute Gasteiger partial charge is 0.497 e. The van der Waals surface area contributed by atoms with Crippen molar-refractivity contribution in [3.63, 3.8) is 0 Å². The Balaban J connectivity index is 2.44. The summed E-state index contributed by atoms with van der Waals surface area (Å²) in [6, 6.07) is 7.61. The zero-order valence-corrected chi connectivity index (χ0v) is 16.2. The normalized spacial score (nSPS) is 10.3. The molecule has 0 saturated carbocycles. The zero-order chi connectivity index (χ0) is 20.0. The number of nitrogens with zero attached hydrogens (tertiary/aromatic N) is 1. The molecule has 146 valence electrons. The molecule has 27 heavy (non-hydrogen) atoms. The van der Waals surface area contributed by atoms with Gasteiger partial charge in [-0.3, -0.25) is 0 Å². The summed E-state index contributed by atoms with van der Waals surface area (Å²) in [4.78, 5) is 23.0. The molecule has 0 atom stereocenters. The molecule has 0 saturated heterocycles. The maximum Gasteiger partial charge on any atom is 0.407 e. The zero-order valence-electron chi connectivity index (χ0n) is 16.2. The Morgan fingerprint density at radius 2 is 1.33 bits per heavy atom. The molecule has 2 amide bonds. The third-order valence-corrected chi connectivity index (χ3v) is 4.34. The minimum Gasteiger partial charge on any atom is -0.497 e. The number of hydrogen-bond acceptors (Lipinski definition) is 5. The van der Waals surface area contributed by atoms with E-state index < -0.39 is 12.2 Å². The summed E-state index contributed by atoms with van der Waals surface area (Å²) < 4.78 is 17.7. The Morgan fingerprint density at radius 1 is 0.889 bits per heavy atom. The third kappa shape index (κ3) is 4.52. The smallest absolute Gasteiger partial charge is 0.407 e. The lowest BCUT2D eigenvalue weighted by molar-refractivity contribution is 0.134. The lowest BCUT2D eigenvalue weighted by Gasteiger charge is -2.11. The number of carbonyl (C=O) groups excluding carboxylic acids is 2. The van der Waals surface area contributed by atoms with Crippen molar-refractivity contribution in [2.24, 2.45) is 0 Å².